The van der Waals surface area contributed by atoms with Crippen LogP contribution in [-0.4, -0.2) is 17.1 Å². The lowest BCUT2D eigenvalue weighted by Gasteiger charge is -2.37. The zero-order valence-corrected chi connectivity index (χ0v) is 15.6. The highest BCUT2D eigenvalue weighted by Gasteiger charge is 2.39. The molecule has 1 heterocycles. The van der Waals surface area contributed by atoms with Crippen molar-refractivity contribution in [2.45, 2.75) is 58.7 Å². The maximum Gasteiger partial charge on any atom is 0.104 e. The fraction of sp³-hybridized carbons (Fsp3) is 0.391. The summed E-state index contributed by atoms with van der Waals surface area (Å²) >= 11 is 0. The summed E-state index contributed by atoms with van der Waals surface area (Å²) in [6.07, 6.45) is 5.71. The Balaban J connectivity index is 1.84. The molecule has 0 aromatic heterocycles. The van der Waals surface area contributed by atoms with Gasteiger partial charge in [0.1, 0.15) is 6.17 Å². The number of allylic oxidation sites excluding steroid dienone is 1. The molecule has 130 valence electrons. The number of nitrogens with zero attached hydrogens (tertiary/aromatic N) is 2. The van der Waals surface area contributed by atoms with Crippen molar-refractivity contribution < 1.29 is 0 Å². The summed E-state index contributed by atoms with van der Waals surface area (Å²) in [4.78, 5) is 5.24. The van der Waals surface area contributed by atoms with Crippen LogP contribution in [0.3, 0.4) is 0 Å². The van der Waals surface area contributed by atoms with Crippen molar-refractivity contribution in [3.63, 3.8) is 0 Å². The molecule has 0 radical (unpaired) electrons. The highest BCUT2D eigenvalue weighted by atomic mass is 15.4. The monoisotopic (exact) mass is 332 g/mol. The minimum atomic E-state index is 0.361. The lowest BCUT2D eigenvalue weighted by Crippen LogP contribution is -2.42. The van der Waals surface area contributed by atoms with Gasteiger partial charge >= 0.3 is 0 Å². The standard InChI is InChI=1S/C23H28N2/c1-17-11-7-10-16-22(17)24-18(2)23(20-12-5-4-6-13-20)25(19(24)3)21-14-8-9-15-21/h4-7,10-13,16,19,21H,8-9,14-15H2,1-3H3. The van der Waals surface area contributed by atoms with E-state index in [1.807, 2.05) is 0 Å². The molecule has 0 N–H and O–H groups in total. The molecule has 1 fully saturated rings. The highest BCUT2D eigenvalue weighted by Crippen LogP contribution is 2.43. The highest BCUT2D eigenvalue weighted by molar-refractivity contribution is 5.77. The van der Waals surface area contributed by atoms with E-state index in [0.717, 1.165) is 0 Å². The Hall–Kier alpha value is -2.22. The molecule has 0 amide bonds. The summed E-state index contributed by atoms with van der Waals surface area (Å²) in [5.41, 5.74) is 6.81. The van der Waals surface area contributed by atoms with Crippen LogP contribution in [0.15, 0.2) is 60.3 Å². The zero-order valence-electron chi connectivity index (χ0n) is 15.6. The summed E-state index contributed by atoms with van der Waals surface area (Å²) < 4.78 is 0. The van der Waals surface area contributed by atoms with Gasteiger partial charge in [0.15, 0.2) is 0 Å². The first-order valence-corrected chi connectivity index (χ1v) is 9.58. The van der Waals surface area contributed by atoms with Crippen LogP contribution in [0, 0.1) is 6.92 Å². The van der Waals surface area contributed by atoms with Crippen molar-refractivity contribution in [2.75, 3.05) is 4.90 Å². The van der Waals surface area contributed by atoms with E-state index in [1.165, 1.54) is 53.9 Å². The van der Waals surface area contributed by atoms with Gasteiger partial charge in [0.05, 0.1) is 5.70 Å². The summed E-state index contributed by atoms with van der Waals surface area (Å²) in [5, 5.41) is 0. The van der Waals surface area contributed by atoms with Gasteiger partial charge in [-0.15, -0.1) is 0 Å². The summed E-state index contributed by atoms with van der Waals surface area (Å²) in [7, 11) is 0. The first-order chi connectivity index (χ1) is 12.2. The van der Waals surface area contributed by atoms with E-state index in [-0.39, 0.29) is 0 Å². The molecule has 1 unspecified atom stereocenters. The van der Waals surface area contributed by atoms with Gasteiger partial charge in [-0.1, -0.05) is 61.4 Å². The molecule has 1 saturated carbocycles. The Morgan fingerprint density at radius 3 is 2.16 bits per heavy atom. The fourth-order valence-corrected chi connectivity index (χ4v) is 4.73. The van der Waals surface area contributed by atoms with Gasteiger partial charge in [0.2, 0.25) is 0 Å². The molecule has 1 aliphatic heterocycles. The van der Waals surface area contributed by atoms with Crippen molar-refractivity contribution in [1.29, 1.82) is 0 Å². The van der Waals surface area contributed by atoms with Crippen molar-refractivity contribution in [2.24, 2.45) is 0 Å². The Labute approximate surface area is 151 Å². The minimum Gasteiger partial charge on any atom is -0.346 e. The number of aryl methyl sites for hydroxylation is 1. The Bertz CT molecular complexity index is 772. The van der Waals surface area contributed by atoms with Crippen LogP contribution in [0.25, 0.3) is 5.70 Å². The molecule has 0 bridgehead atoms. The number of benzene rings is 2. The van der Waals surface area contributed by atoms with Crippen LogP contribution in [0.1, 0.15) is 50.7 Å². The second-order valence-electron chi connectivity index (χ2n) is 7.43. The molecule has 4 rings (SSSR count). The maximum absolute atomic E-state index is 2.70. The van der Waals surface area contributed by atoms with Crippen molar-refractivity contribution in [3.8, 4) is 0 Å². The van der Waals surface area contributed by atoms with Crippen LogP contribution < -0.4 is 4.90 Å². The van der Waals surface area contributed by atoms with E-state index in [2.05, 4.69) is 85.2 Å². The maximum atomic E-state index is 2.70. The lowest BCUT2D eigenvalue weighted by atomic mass is 10.1. The van der Waals surface area contributed by atoms with Gasteiger partial charge in [-0.25, -0.2) is 0 Å². The van der Waals surface area contributed by atoms with Gasteiger partial charge in [-0.05, 0) is 50.8 Å². The van der Waals surface area contributed by atoms with Crippen molar-refractivity contribution in [3.05, 3.63) is 71.4 Å². The Morgan fingerprint density at radius 2 is 1.48 bits per heavy atom. The molecule has 25 heavy (non-hydrogen) atoms. The normalized spacial score (nSPS) is 21.5. The molecule has 0 saturated heterocycles. The van der Waals surface area contributed by atoms with Crippen molar-refractivity contribution >= 4 is 11.4 Å². The molecule has 1 aliphatic carbocycles. The lowest BCUT2D eigenvalue weighted by molar-refractivity contribution is 0.251. The van der Waals surface area contributed by atoms with E-state index in [1.54, 1.807) is 0 Å². The second-order valence-corrected chi connectivity index (χ2v) is 7.43. The number of hydrogen-bond acceptors (Lipinski definition) is 2. The topological polar surface area (TPSA) is 6.48 Å². The van der Waals surface area contributed by atoms with E-state index in [0.29, 0.717) is 12.2 Å². The molecule has 0 spiro atoms. The average molecular weight is 332 g/mol. The van der Waals surface area contributed by atoms with E-state index >= 15 is 0 Å². The summed E-state index contributed by atoms with van der Waals surface area (Å²) in [5.74, 6) is 0. The molecule has 2 nitrogen and oxygen atoms in total. The summed E-state index contributed by atoms with van der Waals surface area (Å²) in [6, 6.07) is 20.4. The number of anilines is 1. The number of rotatable bonds is 3. The molecule has 2 heteroatoms. The fourth-order valence-electron chi connectivity index (χ4n) is 4.73. The SMILES string of the molecule is CC1=C(c2ccccc2)N(C2CCCC2)C(C)N1c1ccccc1C. The average Bonchev–Trinajstić information content (AvgIpc) is 3.23. The van der Waals surface area contributed by atoms with E-state index in [9.17, 15) is 0 Å². The number of para-hydroxylation sites is 1. The van der Waals surface area contributed by atoms with Crippen LogP contribution >= 0.6 is 0 Å². The molecular formula is C23H28N2. The third-order valence-electron chi connectivity index (χ3n) is 5.88. The predicted molar refractivity (Wildman–Crippen MR) is 106 cm³/mol. The molecule has 2 aromatic rings. The van der Waals surface area contributed by atoms with Crippen LogP contribution in [0.4, 0.5) is 5.69 Å². The smallest absolute Gasteiger partial charge is 0.104 e. The largest absolute Gasteiger partial charge is 0.346 e. The van der Waals surface area contributed by atoms with Crippen LogP contribution in [0.2, 0.25) is 0 Å². The number of hydrogen-bond donors (Lipinski definition) is 0. The van der Waals surface area contributed by atoms with Gasteiger partial charge in [-0.2, -0.15) is 0 Å². The van der Waals surface area contributed by atoms with Crippen molar-refractivity contribution in [1.82, 2.24) is 4.90 Å². The van der Waals surface area contributed by atoms with Gasteiger partial charge < -0.3 is 9.80 Å². The third kappa shape index (κ3) is 2.74. The molecule has 2 aliphatic rings. The summed E-state index contributed by atoms with van der Waals surface area (Å²) in [6.45, 7) is 6.88. The van der Waals surface area contributed by atoms with Crippen LogP contribution in [0.5, 0.6) is 0 Å². The third-order valence-corrected chi connectivity index (χ3v) is 5.88. The Kier molecular flexibility index (Phi) is 4.29. The zero-order chi connectivity index (χ0) is 17.4. The van der Waals surface area contributed by atoms with Gasteiger partial charge in [-0.3, -0.25) is 0 Å². The predicted octanol–water partition coefficient (Wildman–Crippen LogP) is 5.79. The van der Waals surface area contributed by atoms with Crippen LogP contribution in [-0.2, 0) is 0 Å². The molecule has 1 atom stereocenters. The first kappa shape index (κ1) is 16.3. The quantitative estimate of drug-likeness (QED) is 0.701. The molecule has 2 aromatic carbocycles. The first-order valence-electron chi connectivity index (χ1n) is 9.58. The second kappa shape index (κ2) is 6.59. The molecular weight excluding hydrogens is 304 g/mol. The van der Waals surface area contributed by atoms with E-state index in [4.69, 9.17) is 0 Å². The van der Waals surface area contributed by atoms with Gasteiger partial charge in [0.25, 0.3) is 0 Å². The van der Waals surface area contributed by atoms with E-state index < -0.39 is 0 Å². The van der Waals surface area contributed by atoms with Gasteiger partial charge in [0, 0.05) is 17.4 Å². The Morgan fingerprint density at radius 1 is 0.840 bits per heavy atom. The minimum absolute atomic E-state index is 0.361.